The zero-order valence-corrected chi connectivity index (χ0v) is 8.03. The zero-order chi connectivity index (χ0) is 9.97. The summed E-state index contributed by atoms with van der Waals surface area (Å²) in [6.07, 6.45) is 4.02. The van der Waals surface area contributed by atoms with Crippen molar-refractivity contribution in [2.24, 2.45) is 15.2 Å². The van der Waals surface area contributed by atoms with E-state index in [0.717, 1.165) is 25.1 Å². The molecule has 1 unspecified atom stereocenters. The van der Waals surface area contributed by atoms with Crippen molar-refractivity contribution in [2.45, 2.75) is 32.4 Å². The lowest BCUT2D eigenvalue weighted by molar-refractivity contribution is -0.116. The fourth-order valence-corrected chi connectivity index (χ4v) is 1.41. The lowest BCUT2D eigenvalue weighted by atomic mass is 10.1. The summed E-state index contributed by atoms with van der Waals surface area (Å²) in [4.78, 5) is 15.8. The number of azo groups is 1. The van der Waals surface area contributed by atoms with Gasteiger partial charge in [0.2, 0.25) is 0 Å². The molecule has 1 amide bonds. The Morgan fingerprint density at radius 2 is 2.43 bits per heavy atom. The average molecular weight is 192 g/mol. The summed E-state index contributed by atoms with van der Waals surface area (Å²) in [6.45, 7) is 2.10. The van der Waals surface area contributed by atoms with Crippen molar-refractivity contribution in [2.75, 3.05) is 0 Å². The van der Waals surface area contributed by atoms with Crippen LogP contribution in [-0.4, -0.2) is 17.9 Å². The number of aliphatic imine (C=N–C) groups is 1. The van der Waals surface area contributed by atoms with Crippen molar-refractivity contribution >= 4 is 11.7 Å². The Kier molecular flexibility index (Phi) is 2.39. The summed E-state index contributed by atoms with van der Waals surface area (Å²) in [5.41, 5.74) is 0.547. The third kappa shape index (κ3) is 1.57. The van der Waals surface area contributed by atoms with Gasteiger partial charge >= 0.3 is 0 Å². The van der Waals surface area contributed by atoms with E-state index in [0.29, 0.717) is 5.57 Å². The Bertz CT molecular complexity index is 343. The SMILES string of the molecule is CCCCC1=NC2N=NC=C2C(=O)N1. The normalized spacial score (nSPS) is 24.1. The molecule has 0 aromatic carbocycles. The second kappa shape index (κ2) is 3.69. The predicted octanol–water partition coefficient (Wildman–Crippen LogP) is 1.38. The molecule has 2 aliphatic heterocycles. The van der Waals surface area contributed by atoms with Crippen molar-refractivity contribution in [3.05, 3.63) is 11.8 Å². The molecule has 5 heteroatoms. The molecule has 1 N–H and O–H groups in total. The Balaban J connectivity index is 2.11. The molecule has 14 heavy (non-hydrogen) atoms. The molecule has 74 valence electrons. The molecule has 2 rings (SSSR count). The van der Waals surface area contributed by atoms with Gasteiger partial charge in [0.1, 0.15) is 5.84 Å². The Hall–Kier alpha value is -1.52. The molecule has 0 spiro atoms. The second-order valence-corrected chi connectivity index (χ2v) is 3.32. The molecule has 0 bridgehead atoms. The maximum Gasteiger partial charge on any atom is 0.258 e. The van der Waals surface area contributed by atoms with Crippen LogP contribution < -0.4 is 5.32 Å². The third-order valence-electron chi connectivity index (χ3n) is 2.22. The average Bonchev–Trinajstić information content (AvgIpc) is 2.63. The molecule has 0 aliphatic carbocycles. The molecular formula is C9H12N4O. The van der Waals surface area contributed by atoms with Crippen LogP contribution in [0.1, 0.15) is 26.2 Å². The van der Waals surface area contributed by atoms with Gasteiger partial charge in [0.05, 0.1) is 11.8 Å². The molecule has 0 aromatic rings. The Morgan fingerprint density at radius 1 is 1.57 bits per heavy atom. The first-order chi connectivity index (χ1) is 6.81. The van der Waals surface area contributed by atoms with E-state index >= 15 is 0 Å². The first-order valence-electron chi connectivity index (χ1n) is 4.79. The number of carbonyl (C=O) groups is 1. The van der Waals surface area contributed by atoms with Gasteiger partial charge in [-0.3, -0.25) is 4.79 Å². The summed E-state index contributed by atoms with van der Waals surface area (Å²) in [6, 6.07) is 0. The summed E-state index contributed by atoms with van der Waals surface area (Å²) >= 11 is 0. The fraction of sp³-hybridized carbons (Fsp3) is 0.556. The Morgan fingerprint density at radius 3 is 3.21 bits per heavy atom. The highest BCUT2D eigenvalue weighted by Crippen LogP contribution is 2.20. The first-order valence-corrected chi connectivity index (χ1v) is 4.79. The number of rotatable bonds is 3. The van der Waals surface area contributed by atoms with Gasteiger partial charge in [0, 0.05) is 6.42 Å². The fourth-order valence-electron chi connectivity index (χ4n) is 1.41. The van der Waals surface area contributed by atoms with Crippen molar-refractivity contribution in [1.29, 1.82) is 0 Å². The van der Waals surface area contributed by atoms with Crippen LogP contribution in [0.25, 0.3) is 0 Å². The van der Waals surface area contributed by atoms with Crippen molar-refractivity contribution < 1.29 is 4.79 Å². The molecule has 0 saturated heterocycles. The summed E-state index contributed by atoms with van der Waals surface area (Å²) in [5, 5.41) is 10.3. The number of nitrogens with zero attached hydrogens (tertiary/aromatic N) is 3. The standard InChI is InChI=1S/C9H12N4O/c1-2-3-4-7-11-8-6(5-10-13-8)9(14)12-7/h5,8H,2-4H2,1H3,(H,11,12,14). The largest absolute Gasteiger partial charge is 0.310 e. The van der Waals surface area contributed by atoms with Crippen molar-refractivity contribution in [3.63, 3.8) is 0 Å². The van der Waals surface area contributed by atoms with E-state index in [1.165, 1.54) is 6.20 Å². The van der Waals surface area contributed by atoms with E-state index in [2.05, 4.69) is 27.5 Å². The maximum atomic E-state index is 11.5. The number of fused-ring (bicyclic) bond motifs is 1. The molecular weight excluding hydrogens is 180 g/mol. The lowest BCUT2D eigenvalue weighted by Crippen LogP contribution is -2.39. The van der Waals surface area contributed by atoms with E-state index in [1.807, 2.05) is 0 Å². The van der Waals surface area contributed by atoms with E-state index in [4.69, 9.17) is 0 Å². The lowest BCUT2D eigenvalue weighted by Gasteiger charge is -2.17. The molecule has 2 heterocycles. The Labute approximate surface area is 82.0 Å². The van der Waals surface area contributed by atoms with Crippen molar-refractivity contribution in [3.8, 4) is 0 Å². The molecule has 1 atom stereocenters. The van der Waals surface area contributed by atoms with Gasteiger partial charge in [-0.05, 0) is 6.42 Å². The van der Waals surface area contributed by atoms with E-state index in [1.54, 1.807) is 0 Å². The zero-order valence-electron chi connectivity index (χ0n) is 8.03. The molecule has 2 aliphatic rings. The van der Waals surface area contributed by atoms with Gasteiger partial charge in [0.15, 0.2) is 6.17 Å². The maximum absolute atomic E-state index is 11.5. The predicted molar refractivity (Wildman–Crippen MR) is 51.8 cm³/mol. The quantitative estimate of drug-likeness (QED) is 0.721. The van der Waals surface area contributed by atoms with E-state index < -0.39 is 0 Å². The van der Waals surface area contributed by atoms with E-state index in [-0.39, 0.29) is 12.1 Å². The molecule has 0 saturated carbocycles. The first kappa shape index (κ1) is 9.05. The minimum absolute atomic E-state index is 0.110. The highest BCUT2D eigenvalue weighted by atomic mass is 16.2. The van der Waals surface area contributed by atoms with Crippen LogP contribution in [-0.2, 0) is 4.79 Å². The number of hydrogen-bond donors (Lipinski definition) is 1. The van der Waals surface area contributed by atoms with Crippen LogP contribution in [0.3, 0.4) is 0 Å². The monoisotopic (exact) mass is 192 g/mol. The van der Waals surface area contributed by atoms with Gasteiger partial charge in [-0.15, -0.1) is 0 Å². The number of amides is 1. The molecule has 0 fully saturated rings. The summed E-state index contributed by atoms with van der Waals surface area (Å²) in [7, 11) is 0. The van der Waals surface area contributed by atoms with Crippen LogP contribution in [0.4, 0.5) is 0 Å². The number of carbonyl (C=O) groups excluding carboxylic acids is 1. The smallest absolute Gasteiger partial charge is 0.258 e. The minimum atomic E-state index is -0.379. The third-order valence-corrected chi connectivity index (χ3v) is 2.22. The highest BCUT2D eigenvalue weighted by molar-refractivity contribution is 6.09. The van der Waals surface area contributed by atoms with Crippen LogP contribution in [0.2, 0.25) is 0 Å². The van der Waals surface area contributed by atoms with Gasteiger partial charge in [-0.2, -0.15) is 10.2 Å². The molecule has 0 aromatic heterocycles. The number of amidine groups is 1. The van der Waals surface area contributed by atoms with Gasteiger partial charge in [-0.1, -0.05) is 13.3 Å². The van der Waals surface area contributed by atoms with Gasteiger partial charge in [0.25, 0.3) is 5.91 Å². The second-order valence-electron chi connectivity index (χ2n) is 3.32. The number of unbranched alkanes of at least 4 members (excludes halogenated alkanes) is 1. The molecule has 0 radical (unpaired) electrons. The van der Waals surface area contributed by atoms with E-state index in [9.17, 15) is 4.79 Å². The van der Waals surface area contributed by atoms with Gasteiger partial charge < -0.3 is 5.32 Å². The van der Waals surface area contributed by atoms with Gasteiger partial charge in [-0.25, -0.2) is 4.99 Å². The summed E-state index contributed by atoms with van der Waals surface area (Å²) < 4.78 is 0. The topological polar surface area (TPSA) is 66.2 Å². The highest BCUT2D eigenvalue weighted by Gasteiger charge is 2.28. The number of nitrogens with one attached hydrogen (secondary N) is 1. The minimum Gasteiger partial charge on any atom is -0.310 e. The number of hydrogen-bond acceptors (Lipinski definition) is 4. The van der Waals surface area contributed by atoms with Crippen LogP contribution in [0.5, 0.6) is 0 Å². The van der Waals surface area contributed by atoms with Crippen LogP contribution >= 0.6 is 0 Å². The summed E-state index contributed by atoms with van der Waals surface area (Å²) in [5.74, 6) is 0.626. The molecule has 5 nitrogen and oxygen atoms in total. The van der Waals surface area contributed by atoms with Crippen LogP contribution in [0.15, 0.2) is 27.0 Å². The van der Waals surface area contributed by atoms with Crippen molar-refractivity contribution in [1.82, 2.24) is 5.32 Å². The van der Waals surface area contributed by atoms with Crippen LogP contribution in [0, 0.1) is 0 Å².